The van der Waals surface area contributed by atoms with Crippen LogP contribution in [0, 0.1) is 13.8 Å². The quantitative estimate of drug-likeness (QED) is 0.647. The summed E-state index contributed by atoms with van der Waals surface area (Å²) in [7, 11) is 1.30. The van der Waals surface area contributed by atoms with Crippen molar-refractivity contribution in [2.75, 3.05) is 50.1 Å². The highest BCUT2D eigenvalue weighted by Crippen LogP contribution is 2.29. The summed E-state index contributed by atoms with van der Waals surface area (Å²) in [5, 5.41) is 3.52. The zero-order valence-corrected chi connectivity index (χ0v) is 20.0. The van der Waals surface area contributed by atoms with Crippen molar-refractivity contribution in [1.82, 2.24) is 4.90 Å². The molecule has 0 spiro atoms. The number of halogens is 1. The van der Waals surface area contributed by atoms with Crippen molar-refractivity contribution in [1.29, 1.82) is 0 Å². The molecular weight excluding hydrogens is 446 g/mol. The summed E-state index contributed by atoms with van der Waals surface area (Å²) in [5.41, 5.74) is 3.29. The molecule has 8 nitrogen and oxygen atoms in total. The molecule has 0 aromatic heterocycles. The van der Waals surface area contributed by atoms with Crippen molar-refractivity contribution in [3.8, 4) is 5.75 Å². The predicted octanol–water partition coefficient (Wildman–Crippen LogP) is 3.43. The topological polar surface area (TPSA) is 88.2 Å². The lowest BCUT2D eigenvalue weighted by molar-refractivity contribution is -0.129. The summed E-state index contributed by atoms with van der Waals surface area (Å²) in [4.78, 5) is 40.2. The number of nitrogens with zero attached hydrogens (tertiary/aromatic N) is 2. The Morgan fingerprint density at radius 2 is 1.67 bits per heavy atom. The van der Waals surface area contributed by atoms with Crippen LogP contribution in [0.15, 0.2) is 30.3 Å². The van der Waals surface area contributed by atoms with Crippen molar-refractivity contribution < 1.29 is 23.9 Å². The molecule has 1 aliphatic rings. The summed E-state index contributed by atoms with van der Waals surface area (Å²) in [6, 6.07) is 8.58. The summed E-state index contributed by atoms with van der Waals surface area (Å²) >= 11 is 6.19. The van der Waals surface area contributed by atoms with Gasteiger partial charge in [-0.2, -0.15) is 0 Å². The van der Waals surface area contributed by atoms with Crippen LogP contribution >= 0.6 is 11.6 Å². The third kappa shape index (κ3) is 5.96. The number of hydrogen-bond donors (Lipinski definition) is 1. The molecule has 3 rings (SSSR count). The maximum atomic E-state index is 12.7. The average Bonchev–Trinajstić information content (AvgIpc) is 2.80. The number of rotatable bonds is 6. The molecule has 0 saturated carbocycles. The summed E-state index contributed by atoms with van der Waals surface area (Å²) in [6.45, 7) is 7.48. The van der Waals surface area contributed by atoms with Gasteiger partial charge < -0.3 is 24.6 Å². The van der Waals surface area contributed by atoms with Crippen LogP contribution in [0.5, 0.6) is 5.75 Å². The van der Waals surface area contributed by atoms with E-state index in [1.807, 2.05) is 13.8 Å². The Bertz CT molecular complexity index is 1040. The highest BCUT2D eigenvalue weighted by Gasteiger charge is 2.22. The van der Waals surface area contributed by atoms with E-state index in [1.165, 1.54) is 7.11 Å². The largest absolute Gasteiger partial charge is 0.484 e. The van der Waals surface area contributed by atoms with Gasteiger partial charge in [-0.1, -0.05) is 11.6 Å². The van der Waals surface area contributed by atoms with E-state index < -0.39 is 5.97 Å². The van der Waals surface area contributed by atoms with Gasteiger partial charge in [0.05, 0.1) is 24.0 Å². The van der Waals surface area contributed by atoms with Gasteiger partial charge in [0.25, 0.3) is 5.91 Å². The maximum absolute atomic E-state index is 12.7. The van der Waals surface area contributed by atoms with Crippen LogP contribution in [0.25, 0.3) is 0 Å². The Kier molecular flexibility index (Phi) is 7.81. The number of piperazine rings is 1. The van der Waals surface area contributed by atoms with Crippen LogP contribution in [0.3, 0.4) is 0 Å². The molecule has 1 saturated heterocycles. The first-order valence-electron chi connectivity index (χ1n) is 10.6. The first-order valence-corrected chi connectivity index (χ1v) is 11.0. The van der Waals surface area contributed by atoms with Crippen LogP contribution in [-0.2, 0) is 14.3 Å². The smallest absolute Gasteiger partial charge is 0.337 e. The summed E-state index contributed by atoms with van der Waals surface area (Å²) < 4.78 is 10.5. The second-order valence-electron chi connectivity index (χ2n) is 7.92. The normalized spacial score (nSPS) is 13.5. The zero-order valence-electron chi connectivity index (χ0n) is 19.2. The van der Waals surface area contributed by atoms with Gasteiger partial charge in [0.1, 0.15) is 5.75 Å². The number of carbonyl (C=O) groups is 3. The zero-order chi connectivity index (χ0) is 24.1. The van der Waals surface area contributed by atoms with Gasteiger partial charge in [0, 0.05) is 38.1 Å². The molecule has 1 fully saturated rings. The van der Waals surface area contributed by atoms with Gasteiger partial charge in [0.2, 0.25) is 5.91 Å². The number of nitrogens with one attached hydrogen (secondary N) is 1. The van der Waals surface area contributed by atoms with Crippen LogP contribution in [0.4, 0.5) is 11.4 Å². The maximum Gasteiger partial charge on any atom is 0.337 e. The number of esters is 1. The lowest BCUT2D eigenvalue weighted by atomic mass is 10.1. The van der Waals surface area contributed by atoms with E-state index in [0.29, 0.717) is 48.2 Å². The molecular formula is C24H28ClN3O5. The third-order valence-corrected chi connectivity index (χ3v) is 6.13. The van der Waals surface area contributed by atoms with E-state index in [9.17, 15) is 14.4 Å². The average molecular weight is 474 g/mol. The van der Waals surface area contributed by atoms with Crippen molar-refractivity contribution in [3.05, 3.63) is 52.0 Å². The number of aryl methyl sites for hydroxylation is 2. The van der Waals surface area contributed by atoms with Gasteiger partial charge in [-0.25, -0.2) is 4.79 Å². The van der Waals surface area contributed by atoms with Gasteiger partial charge in [-0.3, -0.25) is 9.59 Å². The van der Waals surface area contributed by atoms with E-state index in [4.69, 9.17) is 21.1 Å². The number of hydrogen-bond acceptors (Lipinski definition) is 6. The lowest BCUT2D eigenvalue weighted by Gasteiger charge is -2.36. The van der Waals surface area contributed by atoms with Gasteiger partial charge in [-0.15, -0.1) is 0 Å². The van der Waals surface area contributed by atoms with Gasteiger partial charge in [-0.05, 0) is 55.3 Å². The number of ether oxygens (including phenoxy) is 2. The number of anilines is 2. The van der Waals surface area contributed by atoms with Gasteiger partial charge >= 0.3 is 5.97 Å². The number of carbonyl (C=O) groups excluding carboxylic acids is 3. The highest BCUT2D eigenvalue weighted by atomic mass is 35.5. The highest BCUT2D eigenvalue weighted by molar-refractivity contribution is 6.32. The Morgan fingerprint density at radius 1 is 1.03 bits per heavy atom. The van der Waals surface area contributed by atoms with Crippen LogP contribution in [0.1, 0.15) is 28.4 Å². The van der Waals surface area contributed by atoms with Crippen molar-refractivity contribution in [2.24, 2.45) is 0 Å². The van der Waals surface area contributed by atoms with Crippen molar-refractivity contribution >= 4 is 40.8 Å². The van der Waals surface area contributed by atoms with E-state index in [1.54, 1.807) is 42.2 Å². The molecule has 1 N–H and O–H groups in total. The first-order chi connectivity index (χ1) is 15.7. The monoisotopic (exact) mass is 473 g/mol. The minimum Gasteiger partial charge on any atom is -0.484 e. The van der Waals surface area contributed by atoms with E-state index in [0.717, 1.165) is 16.8 Å². The SMILES string of the molecule is COC(=O)c1ccc(N2CCN(C(C)=O)CC2)c(NC(=O)COc2cc(C)c(Cl)c(C)c2)c1. The fraction of sp³-hybridized carbons (Fsp3) is 0.375. The first kappa shape index (κ1) is 24.4. The number of methoxy groups -OCH3 is 1. The van der Waals surface area contributed by atoms with E-state index in [-0.39, 0.29) is 18.4 Å². The second kappa shape index (κ2) is 10.6. The van der Waals surface area contributed by atoms with Crippen LogP contribution in [0.2, 0.25) is 5.02 Å². The summed E-state index contributed by atoms with van der Waals surface area (Å²) in [6.07, 6.45) is 0. The molecule has 9 heteroatoms. The molecule has 1 heterocycles. The molecule has 0 atom stereocenters. The number of benzene rings is 2. The number of amides is 2. The Hall–Kier alpha value is -3.26. The second-order valence-corrected chi connectivity index (χ2v) is 8.30. The molecule has 0 aliphatic carbocycles. The fourth-order valence-electron chi connectivity index (χ4n) is 3.74. The third-order valence-electron chi connectivity index (χ3n) is 5.54. The van der Waals surface area contributed by atoms with E-state index in [2.05, 4.69) is 10.2 Å². The molecule has 33 heavy (non-hydrogen) atoms. The minimum absolute atomic E-state index is 0.0361. The molecule has 0 bridgehead atoms. The Labute approximate surface area is 198 Å². The lowest BCUT2D eigenvalue weighted by Crippen LogP contribution is -2.48. The summed E-state index contributed by atoms with van der Waals surface area (Å²) in [5.74, 6) is -0.282. The fourth-order valence-corrected chi connectivity index (χ4v) is 3.85. The van der Waals surface area contributed by atoms with E-state index >= 15 is 0 Å². The Morgan fingerprint density at radius 3 is 2.24 bits per heavy atom. The molecule has 1 aliphatic heterocycles. The molecule has 176 valence electrons. The standard InChI is InChI=1S/C24H28ClN3O5/c1-15-11-19(12-16(2)23(15)25)33-14-22(30)26-20-13-18(24(31)32-4)5-6-21(20)28-9-7-27(8-10-28)17(3)29/h5-6,11-13H,7-10,14H2,1-4H3,(H,26,30). The molecule has 2 aromatic rings. The Balaban J connectivity index is 1.76. The van der Waals surface area contributed by atoms with Crippen molar-refractivity contribution in [3.63, 3.8) is 0 Å². The van der Waals surface area contributed by atoms with Gasteiger partial charge in [0.15, 0.2) is 6.61 Å². The predicted molar refractivity (Wildman–Crippen MR) is 127 cm³/mol. The molecule has 2 aromatic carbocycles. The minimum atomic E-state index is -0.498. The van der Waals surface area contributed by atoms with Crippen LogP contribution < -0.4 is 15.0 Å². The molecule has 0 radical (unpaired) electrons. The molecule has 0 unspecified atom stereocenters. The molecule has 2 amide bonds. The van der Waals surface area contributed by atoms with Crippen LogP contribution in [-0.4, -0.2) is 62.6 Å². The van der Waals surface area contributed by atoms with Crippen molar-refractivity contribution in [2.45, 2.75) is 20.8 Å².